The molecule has 1 aliphatic rings. The standard InChI is InChI=1S/C13H17ClFNO/c1-16-6-2-5-13(17,9-16)8-10-3-4-11(15)7-12(10)14/h3-4,7,17H,2,5-6,8-9H2,1H3. The maximum atomic E-state index is 12.9. The van der Waals surface area contributed by atoms with Gasteiger partial charge in [0.1, 0.15) is 5.82 Å². The molecule has 0 aliphatic carbocycles. The zero-order valence-electron chi connectivity index (χ0n) is 9.92. The van der Waals surface area contributed by atoms with E-state index >= 15 is 0 Å². The molecule has 1 aromatic rings. The van der Waals surface area contributed by atoms with Crippen molar-refractivity contribution in [1.82, 2.24) is 4.90 Å². The highest BCUT2D eigenvalue weighted by Gasteiger charge is 2.32. The second-order valence-corrected chi connectivity index (χ2v) is 5.39. The van der Waals surface area contributed by atoms with Crippen LogP contribution in [0.2, 0.25) is 5.02 Å². The molecule has 1 aliphatic heterocycles. The molecule has 1 atom stereocenters. The van der Waals surface area contributed by atoms with Crippen LogP contribution in [0.25, 0.3) is 0 Å². The van der Waals surface area contributed by atoms with Crippen LogP contribution in [0, 0.1) is 5.82 Å². The molecule has 94 valence electrons. The van der Waals surface area contributed by atoms with E-state index in [1.54, 1.807) is 6.07 Å². The Hall–Kier alpha value is -0.640. The van der Waals surface area contributed by atoms with Crippen LogP contribution in [0.5, 0.6) is 0 Å². The van der Waals surface area contributed by atoms with Crippen molar-refractivity contribution in [3.8, 4) is 0 Å². The van der Waals surface area contributed by atoms with E-state index in [1.165, 1.54) is 12.1 Å². The van der Waals surface area contributed by atoms with Gasteiger partial charge in [0.2, 0.25) is 0 Å². The molecule has 0 aromatic heterocycles. The SMILES string of the molecule is CN1CCCC(O)(Cc2ccc(F)cc2Cl)C1. The quantitative estimate of drug-likeness (QED) is 0.880. The minimum atomic E-state index is -0.742. The van der Waals surface area contributed by atoms with Gasteiger partial charge in [0.15, 0.2) is 0 Å². The normalized spacial score (nSPS) is 26.1. The van der Waals surface area contributed by atoms with E-state index in [0.717, 1.165) is 24.9 Å². The Morgan fingerprint density at radius 2 is 2.29 bits per heavy atom. The van der Waals surface area contributed by atoms with Gasteiger partial charge in [-0.05, 0) is 44.1 Å². The summed E-state index contributed by atoms with van der Waals surface area (Å²) >= 11 is 5.98. The van der Waals surface area contributed by atoms with Gasteiger partial charge in [0.05, 0.1) is 5.60 Å². The van der Waals surface area contributed by atoms with Crippen molar-refractivity contribution in [3.63, 3.8) is 0 Å². The van der Waals surface area contributed by atoms with Crippen molar-refractivity contribution in [2.75, 3.05) is 20.1 Å². The average Bonchev–Trinajstić information content (AvgIpc) is 2.22. The van der Waals surface area contributed by atoms with Crippen LogP contribution < -0.4 is 0 Å². The lowest BCUT2D eigenvalue weighted by atomic mass is 9.87. The Bertz CT molecular complexity index is 412. The lowest BCUT2D eigenvalue weighted by molar-refractivity contribution is -0.0223. The Morgan fingerprint density at radius 1 is 1.53 bits per heavy atom. The van der Waals surface area contributed by atoms with Gasteiger partial charge >= 0.3 is 0 Å². The predicted octanol–water partition coefficient (Wildman–Crippen LogP) is 2.48. The van der Waals surface area contributed by atoms with E-state index in [1.807, 2.05) is 7.05 Å². The minimum Gasteiger partial charge on any atom is -0.388 e. The summed E-state index contributed by atoms with van der Waals surface area (Å²) in [6.45, 7) is 1.65. The molecule has 17 heavy (non-hydrogen) atoms. The van der Waals surface area contributed by atoms with Gasteiger partial charge in [-0.25, -0.2) is 4.39 Å². The van der Waals surface area contributed by atoms with Crippen LogP contribution in [0.4, 0.5) is 4.39 Å². The molecule has 1 saturated heterocycles. The Labute approximate surface area is 106 Å². The number of aliphatic hydroxyl groups is 1. The fourth-order valence-corrected chi connectivity index (χ4v) is 2.74. The van der Waals surface area contributed by atoms with Gasteiger partial charge in [-0.15, -0.1) is 0 Å². The van der Waals surface area contributed by atoms with Crippen LogP contribution in [0.1, 0.15) is 18.4 Å². The van der Waals surface area contributed by atoms with Crippen LogP contribution >= 0.6 is 11.6 Å². The Balaban J connectivity index is 2.14. The molecule has 0 spiro atoms. The Kier molecular flexibility index (Phi) is 3.71. The van der Waals surface area contributed by atoms with E-state index in [9.17, 15) is 9.50 Å². The topological polar surface area (TPSA) is 23.5 Å². The molecule has 0 bridgehead atoms. The first-order chi connectivity index (χ1) is 7.98. The van der Waals surface area contributed by atoms with Crippen molar-refractivity contribution in [3.05, 3.63) is 34.6 Å². The van der Waals surface area contributed by atoms with Crippen LogP contribution in [-0.4, -0.2) is 35.7 Å². The number of halogens is 2. The molecular formula is C13H17ClFNO. The van der Waals surface area contributed by atoms with Crippen LogP contribution in [0.15, 0.2) is 18.2 Å². The number of likely N-dealkylation sites (tertiary alicyclic amines) is 1. The summed E-state index contributed by atoms with van der Waals surface area (Å²) in [5.41, 5.74) is 0.0694. The first kappa shape index (κ1) is 12.8. The van der Waals surface area contributed by atoms with Crippen molar-refractivity contribution < 1.29 is 9.50 Å². The number of rotatable bonds is 2. The third-order valence-corrected chi connectivity index (χ3v) is 3.63. The zero-order valence-corrected chi connectivity index (χ0v) is 10.7. The molecule has 1 unspecified atom stereocenters. The first-order valence-corrected chi connectivity index (χ1v) is 6.21. The van der Waals surface area contributed by atoms with Gasteiger partial charge < -0.3 is 10.0 Å². The summed E-state index contributed by atoms with van der Waals surface area (Å²) in [7, 11) is 2.00. The van der Waals surface area contributed by atoms with E-state index in [4.69, 9.17) is 11.6 Å². The number of likely N-dealkylation sites (N-methyl/N-ethyl adjacent to an activating group) is 1. The van der Waals surface area contributed by atoms with E-state index in [-0.39, 0.29) is 5.82 Å². The monoisotopic (exact) mass is 257 g/mol. The van der Waals surface area contributed by atoms with Crippen molar-refractivity contribution in [2.45, 2.75) is 24.9 Å². The van der Waals surface area contributed by atoms with E-state index in [0.29, 0.717) is 18.0 Å². The summed E-state index contributed by atoms with van der Waals surface area (Å²) in [6, 6.07) is 4.34. The van der Waals surface area contributed by atoms with Gasteiger partial charge in [0.25, 0.3) is 0 Å². The molecule has 0 radical (unpaired) electrons. The second-order valence-electron chi connectivity index (χ2n) is 4.98. The summed E-state index contributed by atoms with van der Waals surface area (Å²) in [5.74, 6) is -0.341. The minimum absolute atomic E-state index is 0.341. The molecule has 1 N–H and O–H groups in total. The van der Waals surface area contributed by atoms with Crippen molar-refractivity contribution >= 4 is 11.6 Å². The van der Waals surface area contributed by atoms with Gasteiger partial charge in [-0.2, -0.15) is 0 Å². The fourth-order valence-electron chi connectivity index (χ4n) is 2.50. The highest BCUT2D eigenvalue weighted by molar-refractivity contribution is 6.31. The van der Waals surface area contributed by atoms with E-state index in [2.05, 4.69) is 4.90 Å². The lowest BCUT2D eigenvalue weighted by Gasteiger charge is -2.37. The fraction of sp³-hybridized carbons (Fsp3) is 0.538. The third kappa shape index (κ3) is 3.18. The van der Waals surface area contributed by atoms with Crippen LogP contribution in [0.3, 0.4) is 0 Å². The number of piperidine rings is 1. The number of benzene rings is 1. The number of hydrogen-bond donors (Lipinski definition) is 1. The summed E-state index contributed by atoms with van der Waals surface area (Å²) < 4.78 is 12.9. The highest BCUT2D eigenvalue weighted by Crippen LogP contribution is 2.28. The molecule has 0 amide bonds. The van der Waals surface area contributed by atoms with Crippen LogP contribution in [-0.2, 0) is 6.42 Å². The van der Waals surface area contributed by atoms with Gasteiger partial charge in [0, 0.05) is 18.0 Å². The number of hydrogen-bond acceptors (Lipinski definition) is 2. The molecule has 1 heterocycles. The summed E-state index contributed by atoms with van der Waals surface area (Å²) in [6.07, 6.45) is 2.23. The number of nitrogens with zero attached hydrogens (tertiary/aromatic N) is 1. The van der Waals surface area contributed by atoms with Gasteiger partial charge in [-0.1, -0.05) is 17.7 Å². The van der Waals surface area contributed by atoms with Crippen molar-refractivity contribution in [2.24, 2.45) is 0 Å². The molecule has 2 nitrogen and oxygen atoms in total. The van der Waals surface area contributed by atoms with Crippen molar-refractivity contribution in [1.29, 1.82) is 0 Å². The molecule has 1 fully saturated rings. The molecule has 1 aromatic carbocycles. The Morgan fingerprint density at radius 3 is 2.94 bits per heavy atom. The maximum Gasteiger partial charge on any atom is 0.124 e. The average molecular weight is 258 g/mol. The first-order valence-electron chi connectivity index (χ1n) is 5.83. The second kappa shape index (κ2) is 4.92. The predicted molar refractivity (Wildman–Crippen MR) is 66.8 cm³/mol. The number of β-amino-alcohol motifs (C(OH)–C–C–N with tert-alkyl or cyclic N) is 1. The van der Waals surface area contributed by atoms with E-state index < -0.39 is 5.60 Å². The third-order valence-electron chi connectivity index (χ3n) is 3.28. The molecule has 4 heteroatoms. The highest BCUT2D eigenvalue weighted by atomic mass is 35.5. The molecular weight excluding hydrogens is 241 g/mol. The zero-order chi connectivity index (χ0) is 12.5. The lowest BCUT2D eigenvalue weighted by Crippen LogP contribution is -2.47. The molecule has 2 rings (SSSR count). The largest absolute Gasteiger partial charge is 0.388 e. The summed E-state index contributed by atoms with van der Waals surface area (Å²) in [4.78, 5) is 2.11. The summed E-state index contributed by atoms with van der Waals surface area (Å²) in [5, 5.41) is 10.9. The van der Waals surface area contributed by atoms with Gasteiger partial charge in [-0.3, -0.25) is 0 Å². The molecule has 0 saturated carbocycles. The smallest absolute Gasteiger partial charge is 0.124 e. The maximum absolute atomic E-state index is 12.9.